The van der Waals surface area contributed by atoms with Gasteiger partial charge in [-0.2, -0.15) is 5.06 Å². The molecule has 4 N–H and O–H groups in total. The summed E-state index contributed by atoms with van der Waals surface area (Å²) in [6.45, 7) is 0.212. The Morgan fingerprint density at radius 1 is 1.13 bits per heavy atom. The SMILES string of the molecule is O=C(CCNC(=O)[C@@]12C[C@H]3OC(=O)[C@@H]1N(Cc1ccccc1C=COCCO)O[C@@H]2[C@H]1OCO[C@H]13)NCCO. The van der Waals surface area contributed by atoms with Crippen LogP contribution in [-0.4, -0.2) is 103 Å². The summed E-state index contributed by atoms with van der Waals surface area (Å²) < 4.78 is 22.6. The summed E-state index contributed by atoms with van der Waals surface area (Å²) >= 11 is 0. The van der Waals surface area contributed by atoms with Crippen molar-refractivity contribution in [2.45, 2.75) is 49.8 Å². The lowest BCUT2D eigenvalue weighted by Crippen LogP contribution is -2.69. The van der Waals surface area contributed by atoms with E-state index in [-0.39, 0.29) is 65.0 Å². The van der Waals surface area contributed by atoms with Crippen molar-refractivity contribution >= 4 is 23.9 Å². The monoisotopic (exact) mass is 547 g/mol. The van der Waals surface area contributed by atoms with Crippen molar-refractivity contribution in [3.63, 3.8) is 0 Å². The van der Waals surface area contributed by atoms with E-state index in [9.17, 15) is 14.4 Å². The molecule has 0 aromatic heterocycles. The zero-order chi connectivity index (χ0) is 27.4. The molecule has 4 aliphatic rings. The molecule has 39 heavy (non-hydrogen) atoms. The van der Waals surface area contributed by atoms with Crippen molar-refractivity contribution in [1.29, 1.82) is 0 Å². The van der Waals surface area contributed by atoms with Gasteiger partial charge in [0.15, 0.2) is 6.04 Å². The minimum Gasteiger partial charge on any atom is -0.499 e. The van der Waals surface area contributed by atoms with Gasteiger partial charge in [0.1, 0.15) is 43.2 Å². The van der Waals surface area contributed by atoms with E-state index in [0.29, 0.717) is 0 Å². The van der Waals surface area contributed by atoms with E-state index in [4.69, 9.17) is 34.0 Å². The number of nitrogens with one attached hydrogen (secondary N) is 2. The van der Waals surface area contributed by atoms with Crippen molar-refractivity contribution in [3.8, 4) is 0 Å². The predicted octanol–water partition coefficient (Wildman–Crippen LogP) is -1.18. The molecule has 1 aromatic carbocycles. The summed E-state index contributed by atoms with van der Waals surface area (Å²) in [7, 11) is 0. The molecule has 212 valence electrons. The molecule has 1 saturated carbocycles. The smallest absolute Gasteiger partial charge is 0.327 e. The number of hydrogen-bond acceptors (Lipinski definition) is 11. The second kappa shape index (κ2) is 12.0. The van der Waals surface area contributed by atoms with Crippen LogP contribution in [0.1, 0.15) is 24.0 Å². The Labute approximate surface area is 224 Å². The van der Waals surface area contributed by atoms with Crippen LogP contribution in [0, 0.1) is 5.41 Å². The van der Waals surface area contributed by atoms with Gasteiger partial charge in [0.2, 0.25) is 11.8 Å². The summed E-state index contributed by atoms with van der Waals surface area (Å²) in [6.07, 6.45) is 0.787. The molecule has 6 atom stereocenters. The molecule has 0 unspecified atom stereocenters. The van der Waals surface area contributed by atoms with Gasteiger partial charge in [0, 0.05) is 25.9 Å². The molecule has 2 amide bonds. The predicted molar refractivity (Wildman–Crippen MR) is 132 cm³/mol. The van der Waals surface area contributed by atoms with Crippen molar-refractivity contribution in [2.75, 3.05) is 39.7 Å². The number of aliphatic hydroxyl groups excluding tert-OH is 2. The van der Waals surface area contributed by atoms with Gasteiger partial charge in [-0.05, 0) is 17.2 Å². The third kappa shape index (κ3) is 5.25. The Balaban J connectivity index is 1.40. The second-order valence-corrected chi connectivity index (χ2v) is 9.78. The van der Waals surface area contributed by atoms with Gasteiger partial charge < -0.3 is 39.8 Å². The molecule has 4 fully saturated rings. The number of ether oxygens (including phenoxy) is 4. The first-order valence-electron chi connectivity index (χ1n) is 13.0. The molecule has 3 aliphatic heterocycles. The van der Waals surface area contributed by atoms with Crippen molar-refractivity contribution in [1.82, 2.24) is 15.7 Å². The number of fused-ring (bicyclic) bond motifs is 4. The van der Waals surface area contributed by atoms with E-state index in [1.807, 2.05) is 24.3 Å². The Kier molecular flexibility index (Phi) is 8.45. The van der Waals surface area contributed by atoms with Gasteiger partial charge in [-0.3, -0.25) is 19.2 Å². The van der Waals surface area contributed by atoms with Crippen molar-refractivity contribution in [3.05, 3.63) is 41.7 Å². The highest BCUT2D eigenvalue weighted by Gasteiger charge is 2.74. The molecule has 3 saturated heterocycles. The Bertz CT molecular complexity index is 1100. The lowest BCUT2D eigenvalue weighted by molar-refractivity contribution is -0.201. The first-order valence-corrected chi connectivity index (χ1v) is 13.0. The molecule has 5 rings (SSSR count). The van der Waals surface area contributed by atoms with Gasteiger partial charge in [-0.1, -0.05) is 24.3 Å². The molecular weight excluding hydrogens is 514 g/mol. The summed E-state index contributed by atoms with van der Waals surface area (Å²) in [5, 5.41) is 24.7. The maximum Gasteiger partial charge on any atom is 0.327 e. The second-order valence-electron chi connectivity index (χ2n) is 9.78. The van der Waals surface area contributed by atoms with Crippen LogP contribution >= 0.6 is 0 Å². The quantitative estimate of drug-likeness (QED) is 0.141. The average molecular weight is 548 g/mol. The molecule has 0 radical (unpaired) electrons. The normalized spacial score (nSPS) is 31.1. The lowest BCUT2D eigenvalue weighted by Gasteiger charge is -2.48. The van der Waals surface area contributed by atoms with Gasteiger partial charge in [-0.25, -0.2) is 0 Å². The van der Waals surface area contributed by atoms with E-state index >= 15 is 0 Å². The first kappa shape index (κ1) is 27.5. The lowest BCUT2D eigenvalue weighted by atomic mass is 9.62. The molecule has 13 heteroatoms. The summed E-state index contributed by atoms with van der Waals surface area (Å²) in [4.78, 5) is 45.6. The van der Waals surface area contributed by atoms with Crippen LogP contribution in [0.2, 0.25) is 0 Å². The number of hydroxylamine groups is 2. The number of aliphatic hydroxyl groups is 2. The Morgan fingerprint density at radius 2 is 1.95 bits per heavy atom. The number of nitrogens with zero attached hydrogens (tertiary/aromatic N) is 1. The zero-order valence-electron chi connectivity index (χ0n) is 21.3. The van der Waals surface area contributed by atoms with E-state index < -0.39 is 47.7 Å². The highest BCUT2D eigenvalue weighted by Crippen LogP contribution is 2.55. The zero-order valence-corrected chi connectivity index (χ0v) is 21.3. The number of carbonyl (C=O) groups excluding carboxylic acids is 3. The fourth-order valence-corrected chi connectivity index (χ4v) is 5.82. The molecule has 3 heterocycles. The minimum absolute atomic E-state index is 0.00188. The molecule has 2 bridgehead atoms. The van der Waals surface area contributed by atoms with Crippen LogP contribution in [0.5, 0.6) is 0 Å². The number of amides is 2. The van der Waals surface area contributed by atoms with Gasteiger partial charge in [-0.15, -0.1) is 0 Å². The number of rotatable bonds is 12. The molecule has 1 aliphatic carbocycles. The molecular formula is C26H33N3O10. The number of carbonyl (C=O) groups is 3. The summed E-state index contributed by atoms with van der Waals surface area (Å²) in [6, 6.07) is 6.42. The highest BCUT2D eigenvalue weighted by molar-refractivity contribution is 5.93. The number of esters is 1. The fourth-order valence-electron chi connectivity index (χ4n) is 5.82. The van der Waals surface area contributed by atoms with Crippen molar-refractivity contribution in [2.24, 2.45) is 5.41 Å². The standard InChI is InChI=1S/C26H33N3O10/c30-9-8-27-19(32)5-7-28-25(34)26-13-18-20-21(37-15-36-20)23(26)39-29(22(26)24(33)38-18)14-17-4-2-1-3-16(17)6-11-35-12-10-31/h1-4,6,11,18,20-23,30-31H,5,7-10,12-15H2,(H,27,32)(H,28,34)/t18-,20+,21+,22+,23-,26+/m1/s1. The van der Waals surface area contributed by atoms with E-state index in [0.717, 1.165) is 11.1 Å². The number of hydrogen-bond donors (Lipinski definition) is 4. The van der Waals surface area contributed by atoms with Gasteiger partial charge in [0.05, 0.1) is 26.0 Å². The molecule has 0 spiro atoms. The van der Waals surface area contributed by atoms with Gasteiger partial charge >= 0.3 is 5.97 Å². The highest BCUT2D eigenvalue weighted by atomic mass is 16.8. The Morgan fingerprint density at radius 3 is 2.77 bits per heavy atom. The third-order valence-electron chi connectivity index (χ3n) is 7.50. The molecule has 1 aromatic rings. The Hall–Kier alpha value is -3.07. The fraction of sp³-hybridized carbons (Fsp3) is 0.577. The van der Waals surface area contributed by atoms with Crippen LogP contribution in [0.4, 0.5) is 0 Å². The minimum atomic E-state index is -1.31. The first-order chi connectivity index (χ1) is 19.0. The van der Waals surface area contributed by atoms with Crippen molar-refractivity contribution < 1.29 is 48.4 Å². The summed E-state index contributed by atoms with van der Waals surface area (Å²) in [5.74, 6) is -1.32. The maximum absolute atomic E-state index is 13.8. The van der Waals surface area contributed by atoms with Gasteiger partial charge in [0.25, 0.3) is 0 Å². The van der Waals surface area contributed by atoms with E-state index in [1.54, 1.807) is 6.08 Å². The van der Waals surface area contributed by atoms with Crippen LogP contribution < -0.4 is 10.6 Å². The topological polar surface area (TPSA) is 165 Å². The van der Waals surface area contributed by atoms with E-state index in [2.05, 4.69) is 10.6 Å². The maximum atomic E-state index is 13.8. The largest absolute Gasteiger partial charge is 0.499 e. The van der Waals surface area contributed by atoms with Crippen LogP contribution in [0.15, 0.2) is 30.5 Å². The van der Waals surface area contributed by atoms with Crippen LogP contribution in [0.25, 0.3) is 6.08 Å². The third-order valence-corrected chi connectivity index (χ3v) is 7.50. The van der Waals surface area contributed by atoms with Crippen LogP contribution in [0.3, 0.4) is 0 Å². The van der Waals surface area contributed by atoms with E-state index in [1.165, 1.54) is 11.3 Å². The van der Waals surface area contributed by atoms with Crippen LogP contribution in [-0.2, 0) is 44.7 Å². The average Bonchev–Trinajstić information content (AvgIpc) is 3.55. The number of benzene rings is 1. The molecule has 13 nitrogen and oxygen atoms in total. The summed E-state index contributed by atoms with van der Waals surface area (Å²) in [5.41, 5.74) is 0.304.